The van der Waals surface area contributed by atoms with Crippen molar-refractivity contribution in [3.05, 3.63) is 35.4 Å². The van der Waals surface area contributed by atoms with Gasteiger partial charge < -0.3 is 15.4 Å². The lowest BCUT2D eigenvalue weighted by atomic mass is 9.95. The number of hydrogen-bond acceptors (Lipinski definition) is 3. The van der Waals surface area contributed by atoms with Crippen molar-refractivity contribution in [2.24, 2.45) is 11.3 Å². The smallest absolute Gasteiger partial charge is 0.251 e. The van der Waals surface area contributed by atoms with Gasteiger partial charge >= 0.3 is 0 Å². The average Bonchev–Trinajstić information content (AvgIpc) is 3.03. The molecule has 2 amide bonds. The van der Waals surface area contributed by atoms with E-state index in [0.717, 1.165) is 25.2 Å². The van der Waals surface area contributed by atoms with Crippen molar-refractivity contribution in [1.82, 2.24) is 10.6 Å². The predicted octanol–water partition coefficient (Wildman–Crippen LogP) is 2.12. The molecule has 126 valence electrons. The Labute approximate surface area is 137 Å². The molecular weight excluding hydrogens is 292 g/mol. The van der Waals surface area contributed by atoms with E-state index in [1.165, 1.54) is 0 Å². The number of carbonyl (C=O) groups is 2. The first-order valence-corrected chi connectivity index (χ1v) is 8.09. The van der Waals surface area contributed by atoms with E-state index >= 15 is 0 Å². The SMILES string of the molecule is CC(C)(C)C(=O)NCc1ccc(C(=O)NCC2CCOC2)cc1. The summed E-state index contributed by atoms with van der Waals surface area (Å²) in [6.07, 6.45) is 1.01. The molecule has 0 aliphatic carbocycles. The van der Waals surface area contributed by atoms with Gasteiger partial charge in [-0.1, -0.05) is 32.9 Å². The van der Waals surface area contributed by atoms with Crippen LogP contribution < -0.4 is 10.6 Å². The molecule has 2 N–H and O–H groups in total. The van der Waals surface area contributed by atoms with E-state index in [2.05, 4.69) is 10.6 Å². The molecule has 2 rings (SSSR count). The lowest BCUT2D eigenvalue weighted by molar-refractivity contribution is -0.128. The van der Waals surface area contributed by atoms with Crippen molar-refractivity contribution in [2.45, 2.75) is 33.7 Å². The largest absolute Gasteiger partial charge is 0.381 e. The Bertz CT molecular complexity index is 540. The fourth-order valence-corrected chi connectivity index (χ4v) is 2.30. The second-order valence-corrected chi connectivity index (χ2v) is 7.07. The second-order valence-electron chi connectivity index (χ2n) is 7.07. The van der Waals surface area contributed by atoms with Crippen LogP contribution in [0.15, 0.2) is 24.3 Å². The molecule has 1 fully saturated rings. The van der Waals surface area contributed by atoms with E-state index in [9.17, 15) is 9.59 Å². The molecule has 23 heavy (non-hydrogen) atoms. The molecule has 1 saturated heterocycles. The van der Waals surface area contributed by atoms with E-state index < -0.39 is 5.41 Å². The average molecular weight is 318 g/mol. The molecule has 1 aromatic carbocycles. The fourth-order valence-electron chi connectivity index (χ4n) is 2.30. The van der Waals surface area contributed by atoms with Gasteiger partial charge in [0.25, 0.3) is 5.91 Å². The number of hydrogen-bond donors (Lipinski definition) is 2. The van der Waals surface area contributed by atoms with Crippen molar-refractivity contribution < 1.29 is 14.3 Å². The van der Waals surface area contributed by atoms with Crippen LogP contribution in [0.25, 0.3) is 0 Å². The van der Waals surface area contributed by atoms with Crippen LogP contribution in [0.1, 0.15) is 43.1 Å². The van der Waals surface area contributed by atoms with Crippen molar-refractivity contribution in [2.75, 3.05) is 19.8 Å². The zero-order valence-corrected chi connectivity index (χ0v) is 14.1. The number of ether oxygens (including phenoxy) is 1. The molecule has 1 atom stereocenters. The van der Waals surface area contributed by atoms with E-state index in [-0.39, 0.29) is 11.8 Å². The van der Waals surface area contributed by atoms with E-state index in [1.807, 2.05) is 32.9 Å². The normalized spacial score (nSPS) is 17.8. The van der Waals surface area contributed by atoms with Gasteiger partial charge in [-0.05, 0) is 24.1 Å². The standard InChI is InChI=1S/C18H26N2O3/c1-18(2,3)17(22)20-10-13-4-6-15(7-5-13)16(21)19-11-14-8-9-23-12-14/h4-7,14H,8-12H2,1-3H3,(H,19,21)(H,20,22). The predicted molar refractivity (Wildman–Crippen MR) is 89.0 cm³/mol. The van der Waals surface area contributed by atoms with Crippen molar-refractivity contribution in [1.29, 1.82) is 0 Å². The van der Waals surface area contributed by atoms with E-state index in [1.54, 1.807) is 12.1 Å². The van der Waals surface area contributed by atoms with Crippen LogP contribution >= 0.6 is 0 Å². The van der Waals surface area contributed by atoms with E-state index in [0.29, 0.717) is 24.6 Å². The van der Waals surface area contributed by atoms with Gasteiger partial charge in [-0.2, -0.15) is 0 Å². The highest BCUT2D eigenvalue weighted by Crippen LogP contribution is 2.13. The summed E-state index contributed by atoms with van der Waals surface area (Å²) in [6.45, 7) is 8.28. The molecule has 1 aliphatic heterocycles. The van der Waals surface area contributed by atoms with Crippen LogP contribution in [0, 0.1) is 11.3 Å². The minimum atomic E-state index is -0.399. The lowest BCUT2D eigenvalue weighted by Crippen LogP contribution is -2.34. The molecular formula is C18H26N2O3. The summed E-state index contributed by atoms with van der Waals surface area (Å²) in [5, 5.41) is 5.84. The van der Waals surface area contributed by atoms with Crippen LogP contribution in [-0.2, 0) is 16.1 Å². The third-order valence-electron chi connectivity index (χ3n) is 3.93. The topological polar surface area (TPSA) is 67.4 Å². The maximum atomic E-state index is 12.1. The van der Waals surface area contributed by atoms with Gasteiger partial charge in [0.15, 0.2) is 0 Å². The Morgan fingerprint density at radius 2 is 1.87 bits per heavy atom. The Hall–Kier alpha value is -1.88. The zero-order valence-electron chi connectivity index (χ0n) is 14.1. The Kier molecular flexibility index (Phi) is 5.77. The molecule has 1 heterocycles. The number of nitrogens with one attached hydrogen (secondary N) is 2. The molecule has 5 heteroatoms. The van der Waals surface area contributed by atoms with Crippen molar-refractivity contribution in [3.8, 4) is 0 Å². The summed E-state index contributed by atoms with van der Waals surface area (Å²) >= 11 is 0. The molecule has 0 aromatic heterocycles. The first kappa shape index (κ1) is 17.5. The highest BCUT2D eigenvalue weighted by molar-refractivity contribution is 5.94. The van der Waals surface area contributed by atoms with Crippen LogP contribution in [0.2, 0.25) is 0 Å². The summed E-state index contributed by atoms with van der Waals surface area (Å²) in [5.74, 6) is 0.367. The van der Waals surface area contributed by atoms with Crippen LogP contribution in [0.3, 0.4) is 0 Å². The second kappa shape index (κ2) is 7.59. The van der Waals surface area contributed by atoms with Crippen molar-refractivity contribution >= 4 is 11.8 Å². The third-order valence-corrected chi connectivity index (χ3v) is 3.93. The lowest BCUT2D eigenvalue weighted by Gasteiger charge is -2.17. The summed E-state index contributed by atoms with van der Waals surface area (Å²) in [6, 6.07) is 7.32. The Morgan fingerprint density at radius 1 is 1.17 bits per heavy atom. The van der Waals surface area contributed by atoms with Crippen LogP contribution in [0.5, 0.6) is 0 Å². The molecule has 1 aromatic rings. The summed E-state index contributed by atoms with van der Waals surface area (Å²) in [5.41, 5.74) is 1.21. The highest BCUT2D eigenvalue weighted by Gasteiger charge is 2.20. The maximum absolute atomic E-state index is 12.1. The summed E-state index contributed by atoms with van der Waals surface area (Å²) < 4.78 is 5.30. The number of amides is 2. The molecule has 5 nitrogen and oxygen atoms in total. The Balaban J connectivity index is 1.81. The molecule has 0 radical (unpaired) electrons. The number of benzene rings is 1. The van der Waals surface area contributed by atoms with Crippen molar-refractivity contribution in [3.63, 3.8) is 0 Å². The van der Waals surface area contributed by atoms with Gasteiger partial charge in [-0.3, -0.25) is 9.59 Å². The first-order chi connectivity index (χ1) is 10.9. The van der Waals surface area contributed by atoms with E-state index in [4.69, 9.17) is 4.74 Å². The first-order valence-electron chi connectivity index (χ1n) is 8.09. The van der Waals surface area contributed by atoms with Gasteiger partial charge in [0.2, 0.25) is 5.91 Å². The van der Waals surface area contributed by atoms with Crippen LogP contribution in [0.4, 0.5) is 0 Å². The third kappa shape index (κ3) is 5.36. The number of carbonyl (C=O) groups excluding carboxylic acids is 2. The van der Waals surface area contributed by atoms with Gasteiger partial charge in [-0.25, -0.2) is 0 Å². The van der Waals surface area contributed by atoms with Gasteiger partial charge in [0, 0.05) is 36.6 Å². The Morgan fingerprint density at radius 3 is 2.43 bits per heavy atom. The highest BCUT2D eigenvalue weighted by atomic mass is 16.5. The minimum Gasteiger partial charge on any atom is -0.381 e. The number of rotatable bonds is 5. The molecule has 1 aliphatic rings. The monoisotopic (exact) mass is 318 g/mol. The van der Waals surface area contributed by atoms with Gasteiger partial charge in [0.05, 0.1) is 6.61 Å². The van der Waals surface area contributed by atoms with Gasteiger partial charge in [0.1, 0.15) is 0 Å². The fraction of sp³-hybridized carbons (Fsp3) is 0.556. The summed E-state index contributed by atoms with van der Waals surface area (Å²) in [4.78, 5) is 23.9. The summed E-state index contributed by atoms with van der Waals surface area (Å²) in [7, 11) is 0. The molecule has 0 bridgehead atoms. The van der Waals surface area contributed by atoms with Gasteiger partial charge in [-0.15, -0.1) is 0 Å². The minimum absolute atomic E-state index is 0.0121. The van der Waals surface area contributed by atoms with Crippen LogP contribution in [-0.4, -0.2) is 31.6 Å². The molecule has 1 unspecified atom stereocenters. The quantitative estimate of drug-likeness (QED) is 0.874. The zero-order chi connectivity index (χ0) is 16.9. The molecule has 0 saturated carbocycles. The molecule has 0 spiro atoms. The maximum Gasteiger partial charge on any atom is 0.251 e.